The quantitative estimate of drug-likeness (QED) is 0.578. The summed E-state index contributed by atoms with van der Waals surface area (Å²) in [6, 6.07) is 12.5. The lowest BCUT2D eigenvalue weighted by atomic mass is 9.98. The van der Waals surface area contributed by atoms with E-state index in [1.807, 2.05) is 43.3 Å². The molecule has 162 valence electrons. The zero-order valence-electron chi connectivity index (χ0n) is 18.5. The fourth-order valence-corrected chi connectivity index (χ4v) is 4.29. The van der Waals surface area contributed by atoms with Crippen LogP contribution in [0.25, 0.3) is 11.0 Å². The molecular weight excluding hydrogens is 392 g/mol. The lowest BCUT2D eigenvalue weighted by molar-refractivity contribution is 0.0708. The summed E-state index contributed by atoms with van der Waals surface area (Å²) in [6.07, 6.45) is 0. The summed E-state index contributed by atoms with van der Waals surface area (Å²) in [5.41, 5.74) is 2.57. The summed E-state index contributed by atoms with van der Waals surface area (Å²) in [5.74, 6) is 0.647. The number of methoxy groups -OCH3 is 1. The fourth-order valence-electron chi connectivity index (χ4n) is 4.29. The fraction of sp³-hybridized carbons (Fsp3) is 0.360. The molecule has 6 heteroatoms. The number of hydrogen-bond acceptors (Lipinski definition) is 5. The lowest BCUT2D eigenvalue weighted by Gasteiger charge is -2.28. The first kappa shape index (κ1) is 21.1. The molecule has 1 aromatic heterocycles. The molecule has 0 radical (unpaired) electrons. The molecule has 1 aliphatic heterocycles. The van der Waals surface area contributed by atoms with E-state index in [0.29, 0.717) is 23.1 Å². The molecule has 0 fully saturated rings. The average Bonchev–Trinajstić information content (AvgIpc) is 3.07. The third kappa shape index (κ3) is 3.72. The van der Waals surface area contributed by atoms with Crippen LogP contribution < -0.4 is 10.2 Å². The van der Waals surface area contributed by atoms with E-state index in [4.69, 9.17) is 9.15 Å². The van der Waals surface area contributed by atoms with Gasteiger partial charge in [0, 0.05) is 13.1 Å². The van der Waals surface area contributed by atoms with Gasteiger partial charge in [-0.1, -0.05) is 37.6 Å². The standard InChI is InChI=1S/C25H28N2O4/c1-5-26(6-2)13-14-27-22(17-8-10-18(30-4)11-9-17)21-23(28)19-15-16(3)7-12-20(19)31-24(21)25(27)29/h7-12,15,22H,5-6,13-14H2,1-4H3. The van der Waals surface area contributed by atoms with Crippen molar-refractivity contribution in [2.24, 2.45) is 0 Å². The SMILES string of the molecule is CCN(CC)CCN1C(=O)c2oc3ccc(C)cc3c(=O)c2C1c1ccc(OC)cc1. The minimum absolute atomic E-state index is 0.139. The van der Waals surface area contributed by atoms with Gasteiger partial charge in [0.1, 0.15) is 11.3 Å². The van der Waals surface area contributed by atoms with Crippen molar-refractivity contribution in [3.8, 4) is 5.75 Å². The molecule has 0 saturated carbocycles. The van der Waals surface area contributed by atoms with Crippen LogP contribution in [0.3, 0.4) is 0 Å². The molecule has 0 spiro atoms. The topological polar surface area (TPSA) is 63.0 Å². The second kappa shape index (κ2) is 8.55. The van der Waals surface area contributed by atoms with E-state index in [-0.39, 0.29) is 17.1 Å². The molecular formula is C25H28N2O4. The molecule has 6 nitrogen and oxygen atoms in total. The molecule has 31 heavy (non-hydrogen) atoms. The van der Waals surface area contributed by atoms with E-state index in [0.717, 1.165) is 36.5 Å². The predicted octanol–water partition coefficient (Wildman–Crippen LogP) is 4.00. The number of amides is 1. The van der Waals surface area contributed by atoms with Crippen LogP contribution in [0.2, 0.25) is 0 Å². The van der Waals surface area contributed by atoms with Gasteiger partial charge in [-0.05, 0) is 49.8 Å². The minimum Gasteiger partial charge on any atom is -0.497 e. The monoisotopic (exact) mass is 420 g/mol. The highest BCUT2D eigenvalue weighted by molar-refractivity contribution is 5.99. The van der Waals surface area contributed by atoms with Crippen molar-refractivity contribution in [3.05, 3.63) is 75.1 Å². The van der Waals surface area contributed by atoms with Crippen LogP contribution >= 0.6 is 0 Å². The molecule has 1 atom stereocenters. The maximum absolute atomic E-state index is 13.5. The number of fused-ring (bicyclic) bond motifs is 2. The zero-order valence-corrected chi connectivity index (χ0v) is 18.5. The van der Waals surface area contributed by atoms with Crippen LogP contribution in [0.5, 0.6) is 5.75 Å². The van der Waals surface area contributed by atoms with Gasteiger partial charge in [0.15, 0.2) is 5.43 Å². The normalized spacial score (nSPS) is 15.7. The van der Waals surface area contributed by atoms with E-state index in [2.05, 4.69) is 18.7 Å². The van der Waals surface area contributed by atoms with E-state index < -0.39 is 6.04 Å². The summed E-state index contributed by atoms with van der Waals surface area (Å²) < 4.78 is 11.3. The Balaban J connectivity index is 1.86. The van der Waals surface area contributed by atoms with E-state index in [1.165, 1.54) is 0 Å². The van der Waals surface area contributed by atoms with Crippen molar-refractivity contribution in [1.82, 2.24) is 9.80 Å². The highest BCUT2D eigenvalue weighted by Crippen LogP contribution is 2.38. The Morgan fingerprint density at radius 3 is 2.42 bits per heavy atom. The van der Waals surface area contributed by atoms with Gasteiger partial charge in [-0.15, -0.1) is 0 Å². The average molecular weight is 421 g/mol. The molecule has 3 aromatic rings. The Hall–Kier alpha value is -3.12. The van der Waals surface area contributed by atoms with Gasteiger partial charge in [-0.3, -0.25) is 9.59 Å². The summed E-state index contributed by atoms with van der Waals surface area (Å²) in [4.78, 5) is 31.0. The van der Waals surface area contributed by atoms with Crippen molar-refractivity contribution >= 4 is 16.9 Å². The maximum Gasteiger partial charge on any atom is 0.290 e. The Bertz CT molecular complexity index is 1160. The first-order valence-corrected chi connectivity index (χ1v) is 10.7. The van der Waals surface area contributed by atoms with Crippen molar-refractivity contribution < 1.29 is 13.9 Å². The van der Waals surface area contributed by atoms with Crippen molar-refractivity contribution in [2.45, 2.75) is 26.8 Å². The molecule has 0 N–H and O–H groups in total. The highest BCUT2D eigenvalue weighted by Gasteiger charge is 2.42. The summed E-state index contributed by atoms with van der Waals surface area (Å²) in [7, 11) is 1.61. The molecule has 0 aliphatic carbocycles. The number of carbonyl (C=O) groups is 1. The van der Waals surface area contributed by atoms with Gasteiger partial charge in [-0.2, -0.15) is 0 Å². The number of hydrogen-bond donors (Lipinski definition) is 0. The van der Waals surface area contributed by atoms with Gasteiger partial charge < -0.3 is 19.0 Å². The molecule has 4 rings (SSSR count). The zero-order chi connectivity index (χ0) is 22.1. The smallest absolute Gasteiger partial charge is 0.290 e. The van der Waals surface area contributed by atoms with Gasteiger partial charge in [-0.25, -0.2) is 0 Å². The third-order valence-corrected chi connectivity index (χ3v) is 6.10. The Morgan fingerprint density at radius 2 is 1.77 bits per heavy atom. The highest BCUT2D eigenvalue weighted by atomic mass is 16.5. The first-order valence-electron chi connectivity index (χ1n) is 10.7. The van der Waals surface area contributed by atoms with Crippen molar-refractivity contribution in [1.29, 1.82) is 0 Å². The van der Waals surface area contributed by atoms with Gasteiger partial charge in [0.25, 0.3) is 5.91 Å². The summed E-state index contributed by atoms with van der Waals surface area (Å²) in [5, 5.41) is 0.510. The molecule has 0 saturated heterocycles. The van der Waals surface area contributed by atoms with Gasteiger partial charge in [0.2, 0.25) is 5.76 Å². The number of benzene rings is 2. The number of ether oxygens (including phenoxy) is 1. The lowest BCUT2D eigenvalue weighted by Crippen LogP contribution is -2.37. The first-order chi connectivity index (χ1) is 15.0. The molecule has 1 unspecified atom stereocenters. The van der Waals surface area contributed by atoms with Crippen LogP contribution in [-0.2, 0) is 0 Å². The summed E-state index contributed by atoms with van der Waals surface area (Å²) in [6.45, 7) is 9.19. The largest absolute Gasteiger partial charge is 0.497 e. The molecule has 2 aromatic carbocycles. The van der Waals surface area contributed by atoms with Crippen LogP contribution in [0.4, 0.5) is 0 Å². The minimum atomic E-state index is -0.481. The van der Waals surface area contributed by atoms with Crippen LogP contribution in [0.15, 0.2) is 51.7 Å². The second-order valence-electron chi connectivity index (χ2n) is 7.87. The van der Waals surface area contributed by atoms with E-state index in [9.17, 15) is 9.59 Å². The van der Waals surface area contributed by atoms with Gasteiger partial charge >= 0.3 is 0 Å². The van der Waals surface area contributed by atoms with E-state index in [1.54, 1.807) is 18.1 Å². The predicted molar refractivity (Wildman–Crippen MR) is 121 cm³/mol. The number of rotatable bonds is 7. The number of nitrogens with zero attached hydrogens (tertiary/aromatic N) is 2. The van der Waals surface area contributed by atoms with Crippen molar-refractivity contribution in [3.63, 3.8) is 0 Å². The van der Waals surface area contributed by atoms with Crippen molar-refractivity contribution in [2.75, 3.05) is 33.3 Å². The number of likely N-dealkylation sites (N-methyl/N-ethyl adjacent to an activating group) is 1. The third-order valence-electron chi connectivity index (χ3n) is 6.10. The second-order valence-corrected chi connectivity index (χ2v) is 7.87. The van der Waals surface area contributed by atoms with Gasteiger partial charge in [0.05, 0.1) is 24.1 Å². The van der Waals surface area contributed by atoms with Crippen LogP contribution in [0, 0.1) is 6.92 Å². The summed E-state index contributed by atoms with van der Waals surface area (Å²) >= 11 is 0. The molecule has 1 amide bonds. The van der Waals surface area contributed by atoms with Crippen LogP contribution in [-0.4, -0.2) is 49.0 Å². The van der Waals surface area contributed by atoms with E-state index >= 15 is 0 Å². The molecule has 1 aliphatic rings. The Morgan fingerprint density at radius 1 is 1.06 bits per heavy atom. The molecule has 2 heterocycles. The van der Waals surface area contributed by atoms with Crippen LogP contribution in [0.1, 0.15) is 47.1 Å². The Labute approximate surface area is 182 Å². The Kier molecular flexibility index (Phi) is 5.83. The number of carbonyl (C=O) groups excluding carboxylic acids is 1. The maximum atomic E-state index is 13.5. The number of aryl methyl sites for hydroxylation is 1. The molecule has 0 bridgehead atoms.